The number of aromatic nitrogens is 6. The van der Waals surface area contributed by atoms with Crippen LogP contribution < -0.4 is 11.1 Å². The maximum atomic E-state index is 14.9. The van der Waals surface area contributed by atoms with Crippen LogP contribution in [0.2, 0.25) is 0 Å². The van der Waals surface area contributed by atoms with E-state index in [2.05, 4.69) is 38.8 Å². The van der Waals surface area contributed by atoms with Crippen molar-refractivity contribution < 1.29 is 13.5 Å². The van der Waals surface area contributed by atoms with E-state index in [1.807, 2.05) is 25.1 Å². The number of fused-ring (bicyclic) bond motifs is 2. The molecule has 0 aliphatic carbocycles. The lowest BCUT2D eigenvalue weighted by atomic mass is 9.98. The second-order valence-corrected chi connectivity index (χ2v) is 9.91. The quantitative estimate of drug-likeness (QED) is 0.433. The molecule has 2 aliphatic heterocycles. The molecule has 0 bridgehead atoms. The predicted molar refractivity (Wildman–Crippen MR) is 132 cm³/mol. The summed E-state index contributed by atoms with van der Waals surface area (Å²) < 4.78 is 38.7. The largest absolute Gasteiger partial charge is 0.382 e. The highest BCUT2D eigenvalue weighted by Gasteiger charge is 2.47. The zero-order valence-electron chi connectivity index (χ0n) is 20.4. The Kier molecular flexibility index (Phi) is 5.34. The summed E-state index contributed by atoms with van der Waals surface area (Å²) in [7, 11) is 0. The number of hydrogen-bond donors (Lipinski definition) is 2. The molecule has 4 aromatic rings. The Morgan fingerprint density at radius 3 is 2.67 bits per heavy atom. The van der Waals surface area contributed by atoms with E-state index in [-0.39, 0.29) is 36.8 Å². The molecule has 0 radical (unpaired) electrons. The molecule has 6 rings (SSSR count). The average molecular weight is 498 g/mol. The average Bonchev–Trinajstić information content (AvgIpc) is 3.34. The van der Waals surface area contributed by atoms with Crippen molar-refractivity contribution in [3.05, 3.63) is 30.2 Å². The topological polar surface area (TPSA) is 111 Å². The van der Waals surface area contributed by atoms with Gasteiger partial charge in [0.05, 0.1) is 37.5 Å². The Bertz CT molecular complexity index is 1440. The van der Waals surface area contributed by atoms with Crippen molar-refractivity contribution in [3.63, 3.8) is 0 Å². The van der Waals surface area contributed by atoms with Crippen LogP contribution in [0.1, 0.15) is 32.1 Å². The number of nitrogens with two attached hydrogens (primary N) is 1. The molecule has 12 heteroatoms. The van der Waals surface area contributed by atoms with E-state index < -0.39 is 12.0 Å². The minimum Gasteiger partial charge on any atom is -0.382 e. The molecule has 190 valence electrons. The first-order valence-corrected chi connectivity index (χ1v) is 12.2. The summed E-state index contributed by atoms with van der Waals surface area (Å²) in [5, 5.41) is 7.28. The van der Waals surface area contributed by atoms with Crippen molar-refractivity contribution >= 4 is 28.4 Å². The molecule has 36 heavy (non-hydrogen) atoms. The van der Waals surface area contributed by atoms with Gasteiger partial charge in [-0.1, -0.05) is 0 Å². The van der Waals surface area contributed by atoms with Gasteiger partial charge in [-0.05, 0) is 45.4 Å². The molecule has 4 aromatic heterocycles. The minimum absolute atomic E-state index is 0.0733. The Balaban J connectivity index is 1.29. The fraction of sp³-hybridized carbons (Fsp3) is 0.500. The number of pyridine rings is 1. The zero-order chi connectivity index (χ0) is 25.2. The number of likely N-dealkylation sites (tertiary alicyclic amines) is 1. The van der Waals surface area contributed by atoms with Gasteiger partial charge in [-0.15, -0.1) is 5.10 Å². The highest BCUT2D eigenvalue weighted by atomic mass is 19.3. The van der Waals surface area contributed by atoms with E-state index in [9.17, 15) is 8.78 Å². The lowest BCUT2D eigenvalue weighted by Crippen LogP contribution is -2.61. The van der Waals surface area contributed by atoms with E-state index in [1.165, 1.54) is 0 Å². The lowest BCUT2D eigenvalue weighted by molar-refractivity contribution is -0.131. The number of aryl methyl sites for hydroxylation is 1. The molecule has 2 fully saturated rings. The third kappa shape index (κ3) is 3.75. The Morgan fingerprint density at radius 1 is 1.17 bits per heavy atom. The SMILES string of the molecule is Cc1nc2ccc(-c3ccn4nc(N[C@@H]5CCN(C6COC6)CC5(F)F)nc(N)c34)nc2n1C(C)C. The maximum Gasteiger partial charge on any atom is 0.280 e. The molecular formula is C24H29F2N9O. The van der Waals surface area contributed by atoms with E-state index in [0.717, 1.165) is 22.6 Å². The first-order valence-electron chi connectivity index (χ1n) is 12.2. The van der Waals surface area contributed by atoms with Gasteiger partial charge in [0, 0.05) is 24.3 Å². The van der Waals surface area contributed by atoms with Gasteiger partial charge in [-0.25, -0.2) is 23.3 Å². The number of ether oxygens (including phenoxy) is 1. The second kappa shape index (κ2) is 8.34. The van der Waals surface area contributed by atoms with E-state index >= 15 is 0 Å². The number of imidazole rings is 1. The van der Waals surface area contributed by atoms with Gasteiger partial charge in [0.2, 0.25) is 5.95 Å². The van der Waals surface area contributed by atoms with E-state index in [0.29, 0.717) is 31.0 Å². The van der Waals surface area contributed by atoms with E-state index in [1.54, 1.807) is 15.6 Å². The summed E-state index contributed by atoms with van der Waals surface area (Å²) in [5.41, 5.74) is 9.98. The number of piperidine rings is 1. The van der Waals surface area contributed by atoms with Gasteiger partial charge in [0.15, 0.2) is 11.5 Å². The first kappa shape index (κ1) is 23.0. The molecule has 2 saturated heterocycles. The zero-order valence-corrected chi connectivity index (χ0v) is 20.4. The van der Waals surface area contributed by atoms with Crippen LogP contribution in [-0.2, 0) is 4.74 Å². The van der Waals surface area contributed by atoms with Crippen LogP contribution in [0.15, 0.2) is 24.4 Å². The molecule has 6 heterocycles. The van der Waals surface area contributed by atoms with Crippen molar-refractivity contribution in [2.45, 2.75) is 51.2 Å². The molecule has 0 spiro atoms. The van der Waals surface area contributed by atoms with Crippen molar-refractivity contribution in [1.82, 2.24) is 34.0 Å². The molecule has 10 nitrogen and oxygen atoms in total. The molecule has 0 amide bonds. The smallest absolute Gasteiger partial charge is 0.280 e. The number of nitrogens with zero attached hydrogens (tertiary/aromatic N) is 7. The van der Waals surface area contributed by atoms with Crippen LogP contribution in [0, 0.1) is 6.92 Å². The minimum atomic E-state index is -2.93. The molecule has 0 aromatic carbocycles. The number of anilines is 2. The van der Waals surface area contributed by atoms with Gasteiger partial charge >= 0.3 is 0 Å². The highest BCUT2D eigenvalue weighted by molar-refractivity contribution is 5.88. The van der Waals surface area contributed by atoms with Crippen LogP contribution in [-0.4, -0.2) is 78.3 Å². The molecule has 2 aliphatic rings. The number of nitrogens with one attached hydrogen (secondary N) is 1. The summed E-state index contributed by atoms with van der Waals surface area (Å²) in [5.74, 6) is -1.77. The van der Waals surface area contributed by atoms with Crippen LogP contribution in [0.5, 0.6) is 0 Å². The summed E-state index contributed by atoms with van der Waals surface area (Å²) in [6, 6.07) is 4.89. The number of alkyl halides is 2. The van der Waals surface area contributed by atoms with Gasteiger partial charge in [0.1, 0.15) is 16.9 Å². The summed E-state index contributed by atoms with van der Waals surface area (Å²) in [4.78, 5) is 15.6. The summed E-state index contributed by atoms with van der Waals surface area (Å²) in [6.45, 7) is 7.42. The third-order valence-electron chi connectivity index (χ3n) is 7.11. The fourth-order valence-electron chi connectivity index (χ4n) is 5.22. The van der Waals surface area contributed by atoms with Crippen molar-refractivity contribution in [1.29, 1.82) is 0 Å². The normalized spacial score (nSPS) is 20.9. The standard InChI is InChI=1S/C24H29F2N9O/c1-13(2)35-14(3)28-18-5-4-17(29-22(18)35)16-6-9-34-20(16)21(27)31-23(32-34)30-19-7-8-33(12-24(19,25)26)15-10-36-11-15/h4-6,9,13,15,19H,7-8,10-12H2,1-3H3,(H3,27,30,31,32)/t19-/m1/s1. The summed E-state index contributed by atoms with van der Waals surface area (Å²) >= 11 is 0. The Morgan fingerprint density at radius 2 is 1.97 bits per heavy atom. The summed E-state index contributed by atoms with van der Waals surface area (Å²) in [6.07, 6.45) is 2.01. The molecule has 3 N–H and O–H groups in total. The predicted octanol–water partition coefficient (Wildman–Crippen LogP) is 3.13. The van der Waals surface area contributed by atoms with Crippen LogP contribution in [0.3, 0.4) is 0 Å². The molecule has 1 atom stereocenters. The van der Waals surface area contributed by atoms with E-state index in [4.69, 9.17) is 15.5 Å². The van der Waals surface area contributed by atoms with Crippen molar-refractivity contribution in [3.8, 4) is 11.3 Å². The maximum absolute atomic E-state index is 14.9. The number of nitrogen functional groups attached to an aromatic ring is 1. The second-order valence-electron chi connectivity index (χ2n) is 9.91. The third-order valence-corrected chi connectivity index (χ3v) is 7.11. The number of hydrogen-bond acceptors (Lipinski definition) is 8. The van der Waals surface area contributed by atoms with Crippen LogP contribution in [0.4, 0.5) is 20.5 Å². The van der Waals surface area contributed by atoms with Crippen LogP contribution in [0.25, 0.3) is 27.9 Å². The molecule has 0 saturated carbocycles. The number of rotatable bonds is 5. The van der Waals surface area contributed by atoms with Gasteiger partial charge in [-0.3, -0.25) is 4.90 Å². The van der Waals surface area contributed by atoms with Gasteiger partial charge in [0.25, 0.3) is 5.92 Å². The highest BCUT2D eigenvalue weighted by Crippen LogP contribution is 2.33. The molecular weight excluding hydrogens is 468 g/mol. The van der Waals surface area contributed by atoms with Gasteiger partial charge < -0.3 is 20.4 Å². The van der Waals surface area contributed by atoms with Crippen LogP contribution >= 0.6 is 0 Å². The molecule has 0 unspecified atom stereocenters. The monoisotopic (exact) mass is 497 g/mol. The number of halogens is 2. The fourth-order valence-corrected chi connectivity index (χ4v) is 5.22. The van der Waals surface area contributed by atoms with Crippen molar-refractivity contribution in [2.24, 2.45) is 0 Å². The lowest BCUT2D eigenvalue weighted by Gasteiger charge is -2.44. The van der Waals surface area contributed by atoms with Gasteiger partial charge in [-0.2, -0.15) is 4.98 Å². The Hall–Kier alpha value is -3.38. The first-order chi connectivity index (χ1) is 17.2. The Labute approximate surface area is 206 Å². The van der Waals surface area contributed by atoms with Crippen molar-refractivity contribution in [2.75, 3.05) is 37.4 Å².